The van der Waals surface area contributed by atoms with E-state index in [9.17, 15) is 4.79 Å². The number of hydrogen-bond donors (Lipinski definition) is 1. The Balaban J connectivity index is 1.94. The maximum Gasteiger partial charge on any atom is 0.252 e. The monoisotopic (exact) mass is 332 g/mol. The molecule has 3 rings (SSSR count). The summed E-state index contributed by atoms with van der Waals surface area (Å²) in [4.78, 5) is 17.6. The van der Waals surface area contributed by atoms with Gasteiger partial charge in [-0.1, -0.05) is 0 Å². The first kappa shape index (κ1) is 16.8. The molecule has 6 nitrogen and oxygen atoms in total. The number of hydrogen-bond acceptors (Lipinski definition) is 5. The summed E-state index contributed by atoms with van der Waals surface area (Å²) in [7, 11) is 6.95. The smallest absolute Gasteiger partial charge is 0.252 e. The second kappa shape index (κ2) is 6.45. The first-order valence-electron chi connectivity index (χ1n) is 8.01. The lowest BCUT2D eigenvalue weighted by Crippen LogP contribution is -2.38. The highest BCUT2D eigenvalue weighted by atomic mass is 16.5. The van der Waals surface area contributed by atoms with Gasteiger partial charge in [0, 0.05) is 36.2 Å². The van der Waals surface area contributed by atoms with Crippen molar-refractivity contribution in [1.29, 1.82) is 0 Å². The maximum atomic E-state index is 12.4. The summed E-state index contributed by atoms with van der Waals surface area (Å²) < 4.78 is 16.0. The van der Waals surface area contributed by atoms with Crippen LogP contribution in [0.25, 0.3) is 10.9 Å². The molecule has 1 aromatic heterocycles. The van der Waals surface area contributed by atoms with E-state index in [4.69, 9.17) is 14.2 Å². The topological polar surface area (TPSA) is 63.8 Å². The third-order valence-corrected chi connectivity index (χ3v) is 4.88. The van der Waals surface area contributed by atoms with Crippen LogP contribution in [0.1, 0.15) is 18.4 Å². The minimum atomic E-state index is -0.0743. The van der Waals surface area contributed by atoms with Crippen molar-refractivity contribution in [3.8, 4) is 11.5 Å². The summed E-state index contributed by atoms with van der Waals surface area (Å²) in [5.74, 6) is 1.25. The molecule has 130 valence electrons. The van der Waals surface area contributed by atoms with E-state index in [1.165, 1.54) is 0 Å². The molecular weight excluding hydrogens is 308 g/mol. The van der Waals surface area contributed by atoms with Gasteiger partial charge in [-0.3, -0.25) is 9.69 Å². The number of pyridine rings is 1. The van der Waals surface area contributed by atoms with Gasteiger partial charge in [0.25, 0.3) is 5.56 Å². The molecule has 24 heavy (non-hydrogen) atoms. The van der Waals surface area contributed by atoms with E-state index in [0.29, 0.717) is 24.7 Å². The molecule has 0 spiro atoms. The predicted octanol–water partition coefficient (Wildman–Crippen LogP) is 2.16. The molecule has 1 aliphatic carbocycles. The number of likely N-dealkylation sites (N-methyl/N-ethyl adjacent to an activating group) is 1. The predicted molar refractivity (Wildman–Crippen MR) is 93.0 cm³/mol. The van der Waals surface area contributed by atoms with Gasteiger partial charge in [0.1, 0.15) is 0 Å². The van der Waals surface area contributed by atoms with E-state index in [-0.39, 0.29) is 11.1 Å². The third kappa shape index (κ3) is 2.99. The van der Waals surface area contributed by atoms with Crippen LogP contribution >= 0.6 is 0 Å². The van der Waals surface area contributed by atoms with E-state index in [0.717, 1.165) is 29.3 Å². The van der Waals surface area contributed by atoms with Crippen LogP contribution in [0.15, 0.2) is 23.0 Å². The Morgan fingerprint density at radius 2 is 1.79 bits per heavy atom. The second-order valence-electron chi connectivity index (χ2n) is 6.43. The summed E-state index contributed by atoms with van der Waals surface area (Å²) in [6.45, 7) is 1.28. The standard InChI is InChI=1S/C18H24N2O4/c1-20(18(5-6-18)11-22-2)10-13-7-12-8-15(23-3)16(24-4)9-14(12)19-17(13)21/h7-9H,5-6,10-11H2,1-4H3,(H,19,21). The number of ether oxygens (including phenoxy) is 3. The normalized spacial score (nSPS) is 15.7. The first-order chi connectivity index (χ1) is 11.5. The van der Waals surface area contributed by atoms with Crippen LogP contribution in [0, 0.1) is 0 Å². The van der Waals surface area contributed by atoms with Gasteiger partial charge in [-0.05, 0) is 32.0 Å². The Hall–Kier alpha value is -2.05. The van der Waals surface area contributed by atoms with Gasteiger partial charge < -0.3 is 19.2 Å². The number of benzene rings is 1. The lowest BCUT2D eigenvalue weighted by atomic mass is 10.1. The van der Waals surface area contributed by atoms with Gasteiger partial charge in [0.05, 0.1) is 26.3 Å². The van der Waals surface area contributed by atoms with Gasteiger partial charge in [0.2, 0.25) is 0 Å². The lowest BCUT2D eigenvalue weighted by molar-refractivity contribution is 0.0870. The molecule has 0 saturated heterocycles. The number of aromatic amines is 1. The summed E-state index contributed by atoms with van der Waals surface area (Å²) in [6.07, 6.45) is 2.21. The molecule has 1 heterocycles. The fourth-order valence-corrected chi connectivity index (χ4v) is 3.17. The number of aromatic nitrogens is 1. The highest BCUT2D eigenvalue weighted by Gasteiger charge is 2.46. The molecule has 1 aliphatic rings. The van der Waals surface area contributed by atoms with Crippen LogP contribution in [0.5, 0.6) is 11.5 Å². The number of nitrogens with zero attached hydrogens (tertiary/aromatic N) is 1. The van der Waals surface area contributed by atoms with E-state index in [1.54, 1.807) is 27.4 Å². The Morgan fingerprint density at radius 3 is 2.38 bits per heavy atom. The molecule has 2 aromatic rings. The van der Waals surface area contributed by atoms with Crippen molar-refractivity contribution >= 4 is 10.9 Å². The van der Waals surface area contributed by atoms with Crippen LogP contribution in [0.3, 0.4) is 0 Å². The molecule has 6 heteroatoms. The van der Waals surface area contributed by atoms with Crippen LogP contribution in [-0.4, -0.2) is 50.4 Å². The van der Waals surface area contributed by atoms with Crippen molar-refractivity contribution in [2.75, 3.05) is 35.0 Å². The quantitative estimate of drug-likeness (QED) is 0.842. The maximum absolute atomic E-state index is 12.4. The number of H-pyrrole nitrogens is 1. The summed E-state index contributed by atoms with van der Waals surface area (Å²) in [5, 5.41) is 0.923. The molecule has 0 amide bonds. The molecule has 1 N–H and O–H groups in total. The summed E-state index contributed by atoms with van der Waals surface area (Å²) in [6, 6.07) is 5.60. The molecule has 0 radical (unpaired) electrons. The van der Waals surface area contributed by atoms with Crippen LogP contribution < -0.4 is 15.0 Å². The van der Waals surface area contributed by atoms with Crippen LogP contribution in [0.2, 0.25) is 0 Å². The average Bonchev–Trinajstić information content (AvgIpc) is 3.35. The van der Waals surface area contributed by atoms with Gasteiger partial charge in [-0.15, -0.1) is 0 Å². The highest BCUT2D eigenvalue weighted by Crippen LogP contribution is 2.41. The van der Waals surface area contributed by atoms with Gasteiger partial charge >= 0.3 is 0 Å². The molecule has 1 aromatic carbocycles. The number of rotatable bonds is 7. The molecule has 1 saturated carbocycles. The van der Waals surface area contributed by atoms with E-state index >= 15 is 0 Å². The van der Waals surface area contributed by atoms with Crippen LogP contribution in [0.4, 0.5) is 0 Å². The minimum Gasteiger partial charge on any atom is -0.493 e. The molecule has 0 bridgehead atoms. The van der Waals surface area contributed by atoms with Gasteiger partial charge in [-0.2, -0.15) is 0 Å². The number of nitrogens with one attached hydrogen (secondary N) is 1. The van der Waals surface area contributed by atoms with E-state index in [1.807, 2.05) is 19.2 Å². The molecular formula is C18H24N2O4. The zero-order valence-electron chi connectivity index (χ0n) is 14.6. The van der Waals surface area contributed by atoms with Gasteiger partial charge in [0.15, 0.2) is 11.5 Å². The molecule has 1 fully saturated rings. The van der Waals surface area contributed by atoms with Crippen molar-refractivity contribution in [3.05, 3.63) is 34.1 Å². The second-order valence-corrected chi connectivity index (χ2v) is 6.43. The molecule has 0 atom stereocenters. The summed E-state index contributed by atoms with van der Waals surface area (Å²) in [5.41, 5.74) is 1.48. The Labute approximate surface area is 141 Å². The number of fused-ring (bicyclic) bond motifs is 1. The number of methoxy groups -OCH3 is 3. The average molecular weight is 332 g/mol. The van der Waals surface area contributed by atoms with Crippen molar-refractivity contribution < 1.29 is 14.2 Å². The Bertz CT molecular complexity index is 795. The first-order valence-corrected chi connectivity index (χ1v) is 8.01. The van der Waals surface area contributed by atoms with E-state index < -0.39 is 0 Å². The summed E-state index contributed by atoms with van der Waals surface area (Å²) >= 11 is 0. The Kier molecular flexibility index (Phi) is 4.51. The highest BCUT2D eigenvalue weighted by molar-refractivity contribution is 5.83. The molecule has 0 unspecified atom stereocenters. The van der Waals surface area contributed by atoms with Crippen molar-refractivity contribution in [3.63, 3.8) is 0 Å². The van der Waals surface area contributed by atoms with E-state index in [2.05, 4.69) is 9.88 Å². The van der Waals surface area contributed by atoms with Crippen molar-refractivity contribution in [1.82, 2.24) is 9.88 Å². The van der Waals surface area contributed by atoms with Crippen molar-refractivity contribution in [2.45, 2.75) is 24.9 Å². The third-order valence-electron chi connectivity index (χ3n) is 4.88. The lowest BCUT2D eigenvalue weighted by Gasteiger charge is -2.27. The SMILES string of the molecule is COCC1(N(C)Cc2cc3cc(OC)c(OC)cc3[nH]c2=O)CC1. The van der Waals surface area contributed by atoms with Crippen molar-refractivity contribution in [2.24, 2.45) is 0 Å². The fourth-order valence-electron chi connectivity index (χ4n) is 3.17. The van der Waals surface area contributed by atoms with Gasteiger partial charge in [-0.25, -0.2) is 0 Å². The Morgan fingerprint density at radius 1 is 1.12 bits per heavy atom. The zero-order valence-corrected chi connectivity index (χ0v) is 14.6. The fraction of sp³-hybridized carbons (Fsp3) is 0.500. The zero-order chi connectivity index (χ0) is 17.3. The van der Waals surface area contributed by atoms with Crippen LogP contribution in [-0.2, 0) is 11.3 Å². The minimum absolute atomic E-state index is 0.0743. The largest absolute Gasteiger partial charge is 0.493 e. The molecule has 0 aliphatic heterocycles.